The van der Waals surface area contributed by atoms with E-state index in [0.717, 1.165) is 27.4 Å². The van der Waals surface area contributed by atoms with Crippen molar-refractivity contribution in [3.63, 3.8) is 0 Å². The van der Waals surface area contributed by atoms with Crippen LogP contribution in [0.3, 0.4) is 0 Å². The normalized spacial score (nSPS) is 16.7. The van der Waals surface area contributed by atoms with Gasteiger partial charge in [-0.25, -0.2) is 0 Å². The minimum absolute atomic E-state index is 0.246. The van der Waals surface area contributed by atoms with Gasteiger partial charge in [0.1, 0.15) is 12.3 Å². The lowest BCUT2D eigenvalue weighted by Gasteiger charge is -2.15. The second-order valence-electron chi connectivity index (χ2n) is 6.38. The Hall–Kier alpha value is -2.80. The van der Waals surface area contributed by atoms with Gasteiger partial charge in [-0.3, -0.25) is 19.3 Å². The molecule has 2 aromatic rings. The van der Waals surface area contributed by atoms with Gasteiger partial charge in [-0.15, -0.1) is 0 Å². The number of rotatable bonds is 6. The van der Waals surface area contributed by atoms with Gasteiger partial charge in [0, 0.05) is 5.56 Å². The maximum absolute atomic E-state index is 12.7. The van der Waals surface area contributed by atoms with Crippen molar-refractivity contribution in [2.24, 2.45) is 0 Å². The fraction of sp³-hybridized carbons (Fsp3) is 0.286. The van der Waals surface area contributed by atoms with Crippen molar-refractivity contribution in [1.29, 1.82) is 0 Å². The van der Waals surface area contributed by atoms with Crippen LogP contribution in [0.1, 0.15) is 25.8 Å². The second-order valence-corrected chi connectivity index (χ2v) is 7.37. The number of ether oxygens (including phenoxy) is 2. The van der Waals surface area contributed by atoms with Crippen LogP contribution in [0.25, 0.3) is 16.8 Å². The van der Waals surface area contributed by atoms with Crippen LogP contribution in [0.15, 0.2) is 41.3 Å². The first-order valence-electron chi connectivity index (χ1n) is 8.95. The molecular formula is C21H21NO5S. The van der Waals surface area contributed by atoms with Crippen LogP contribution in [-0.2, 0) is 14.3 Å². The summed E-state index contributed by atoms with van der Waals surface area (Å²) in [5.74, 6) is -0.506. The minimum atomic E-state index is -0.597. The van der Waals surface area contributed by atoms with Gasteiger partial charge >= 0.3 is 5.97 Å². The zero-order valence-corrected chi connectivity index (χ0v) is 16.7. The zero-order chi connectivity index (χ0) is 20.3. The van der Waals surface area contributed by atoms with E-state index in [2.05, 4.69) is 0 Å². The van der Waals surface area contributed by atoms with Crippen molar-refractivity contribution >= 4 is 45.7 Å². The molecule has 2 aromatic carbocycles. The Kier molecular flexibility index (Phi) is 6.04. The Bertz CT molecular complexity index is 968. The Balaban J connectivity index is 1.90. The quantitative estimate of drug-likeness (QED) is 0.535. The number of hydrogen-bond acceptors (Lipinski definition) is 6. The van der Waals surface area contributed by atoms with Gasteiger partial charge in [0.05, 0.1) is 18.1 Å². The van der Waals surface area contributed by atoms with E-state index < -0.39 is 17.1 Å². The summed E-state index contributed by atoms with van der Waals surface area (Å²) in [7, 11) is 1.55. The molecule has 1 heterocycles. The average Bonchev–Trinajstić information content (AvgIpc) is 2.95. The molecule has 1 atom stereocenters. The molecule has 0 N–H and O–H groups in total. The molecule has 0 aliphatic carbocycles. The highest BCUT2D eigenvalue weighted by Crippen LogP contribution is 2.36. The molecule has 0 aromatic heterocycles. The number of carbonyl (C=O) groups is 3. The highest BCUT2D eigenvalue weighted by Gasteiger charge is 2.37. The van der Waals surface area contributed by atoms with Gasteiger partial charge in [0.2, 0.25) is 0 Å². The molecule has 0 bridgehead atoms. The number of hydrogen-bond donors (Lipinski definition) is 0. The van der Waals surface area contributed by atoms with Gasteiger partial charge in [0.15, 0.2) is 0 Å². The zero-order valence-electron chi connectivity index (χ0n) is 15.9. The lowest BCUT2D eigenvalue weighted by Crippen LogP contribution is -2.35. The third-order valence-electron chi connectivity index (χ3n) is 4.49. The van der Waals surface area contributed by atoms with E-state index >= 15 is 0 Å². The highest BCUT2D eigenvalue weighted by atomic mass is 32.2. The maximum atomic E-state index is 12.7. The number of amides is 2. The van der Waals surface area contributed by atoms with E-state index in [1.807, 2.05) is 43.3 Å². The predicted octanol–water partition coefficient (Wildman–Crippen LogP) is 4.23. The van der Waals surface area contributed by atoms with Crippen molar-refractivity contribution < 1.29 is 23.9 Å². The highest BCUT2D eigenvalue weighted by molar-refractivity contribution is 8.18. The van der Waals surface area contributed by atoms with Crippen molar-refractivity contribution in [2.75, 3.05) is 13.7 Å². The topological polar surface area (TPSA) is 72.9 Å². The van der Waals surface area contributed by atoms with E-state index in [4.69, 9.17) is 9.47 Å². The summed E-state index contributed by atoms with van der Waals surface area (Å²) in [4.78, 5) is 38.1. The number of imide groups is 1. The third-order valence-corrected chi connectivity index (χ3v) is 5.40. The van der Waals surface area contributed by atoms with Crippen LogP contribution in [0, 0.1) is 0 Å². The Morgan fingerprint density at radius 2 is 1.96 bits per heavy atom. The molecule has 1 aliphatic rings. The van der Waals surface area contributed by atoms with Gasteiger partial charge in [-0.2, -0.15) is 0 Å². The molecule has 0 spiro atoms. The summed E-state index contributed by atoms with van der Waals surface area (Å²) < 4.78 is 10.6. The summed E-state index contributed by atoms with van der Waals surface area (Å²) in [6, 6.07) is 11.5. The van der Waals surface area contributed by atoms with Crippen LogP contribution in [-0.4, -0.2) is 41.8 Å². The molecule has 6 nitrogen and oxygen atoms in total. The van der Waals surface area contributed by atoms with Gasteiger partial charge in [-0.05, 0) is 48.0 Å². The molecule has 0 unspecified atom stereocenters. The summed E-state index contributed by atoms with van der Waals surface area (Å²) >= 11 is 0.806. The summed E-state index contributed by atoms with van der Waals surface area (Å²) in [5, 5.41) is 1.41. The number of benzene rings is 2. The molecule has 1 fully saturated rings. The fourth-order valence-corrected chi connectivity index (χ4v) is 3.66. The number of nitrogens with zero attached hydrogens (tertiary/aromatic N) is 1. The molecule has 0 radical (unpaired) electrons. The maximum Gasteiger partial charge on any atom is 0.326 e. The van der Waals surface area contributed by atoms with Crippen LogP contribution < -0.4 is 4.74 Å². The number of carbonyl (C=O) groups excluding carboxylic acids is 3. The first-order valence-corrected chi connectivity index (χ1v) is 9.76. The van der Waals surface area contributed by atoms with Gasteiger partial charge in [-0.1, -0.05) is 37.3 Å². The Morgan fingerprint density at radius 3 is 2.68 bits per heavy atom. The van der Waals surface area contributed by atoms with Crippen molar-refractivity contribution in [2.45, 2.75) is 26.4 Å². The molecule has 7 heteroatoms. The predicted molar refractivity (Wildman–Crippen MR) is 109 cm³/mol. The molecule has 2 amide bonds. The first-order chi connectivity index (χ1) is 13.4. The largest absolute Gasteiger partial charge is 0.496 e. The fourth-order valence-electron chi connectivity index (χ4n) is 2.84. The van der Waals surface area contributed by atoms with Crippen LogP contribution in [0.5, 0.6) is 5.75 Å². The average molecular weight is 399 g/mol. The van der Waals surface area contributed by atoms with E-state index in [0.29, 0.717) is 17.7 Å². The molecular weight excluding hydrogens is 378 g/mol. The molecule has 0 saturated carbocycles. The summed E-state index contributed by atoms with van der Waals surface area (Å²) in [5.41, 5.74) is 0.716. The number of thioether (sulfide) groups is 1. The number of methoxy groups -OCH3 is 1. The Morgan fingerprint density at radius 1 is 1.21 bits per heavy atom. The lowest BCUT2D eigenvalue weighted by atomic mass is 10.0. The van der Waals surface area contributed by atoms with Gasteiger partial charge < -0.3 is 9.47 Å². The summed E-state index contributed by atoms with van der Waals surface area (Å²) in [6.45, 7) is 3.26. The molecule has 3 rings (SSSR count). The minimum Gasteiger partial charge on any atom is -0.496 e. The molecule has 1 saturated heterocycles. The van der Waals surface area contributed by atoms with E-state index in [1.54, 1.807) is 20.1 Å². The van der Waals surface area contributed by atoms with Crippen LogP contribution in [0.2, 0.25) is 0 Å². The molecule has 1 aliphatic heterocycles. The van der Waals surface area contributed by atoms with Crippen molar-refractivity contribution in [1.82, 2.24) is 4.90 Å². The van der Waals surface area contributed by atoms with Crippen molar-refractivity contribution in [3.05, 3.63) is 46.9 Å². The number of esters is 1. The number of fused-ring (bicyclic) bond motifs is 1. The summed E-state index contributed by atoms with van der Waals surface area (Å²) in [6.07, 6.45) is 2.04. The SMILES string of the molecule is CC[C@@H](C)OC(=O)CN1C(=O)S/C(=C/c2c(OC)ccc3ccccc23)C1=O. The van der Waals surface area contributed by atoms with E-state index in [9.17, 15) is 14.4 Å². The monoisotopic (exact) mass is 399 g/mol. The Labute approximate surface area is 167 Å². The molecule has 146 valence electrons. The lowest BCUT2D eigenvalue weighted by molar-refractivity contribution is -0.150. The van der Waals surface area contributed by atoms with Gasteiger partial charge in [0.25, 0.3) is 11.1 Å². The van der Waals surface area contributed by atoms with E-state index in [-0.39, 0.29) is 17.6 Å². The standard InChI is InChI=1S/C21H21NO5S/c1-4-13(2)27-19(23)12-22-20(24)18(28-21(22)25)11-16-15-8-6-5-7-14(15)9-10-17(16)26-3/h5-11,13H,4,12H2,1-3H3/b18-11+/t13-/m1/s1. The van der Waals surface area contributed by atoms with E-state index in [1.165, 1.54) is 0 Å². The van der Waals surface area contributed by atoms with Crippen LogP contribution in [0.4, 0.5) is 4.79 Å². The first kappa shape index (κ1) is 19.9. The smallest absolute Gasteiger partial charge is 0.326 e. The van der Waals surface area contributed by atoms with Crippen LogP contribution >= 0.6 is 11.8 Å². The third kappa shape index (κ3) is 4.04. The molecule has 28 heavy (non-hydrogen) atoms. The second kappa shape index (κ2) is 8.48. The van der Waals surface area contributed by atoms with Crippen molar-refractivity contribution in [3.8, 4) is 5.75 Å².